The Balaban J connectivity index is 2.64. The van der Waals surface area contributed by atoms with Crippen molar-refractivity contribution in [3.8, 4) is 0 Å². The summed E-state index contributed by atoms with van der Waals surface area (Å²) in [6.45, 7) is 10.6. The van der Waals surface area contributed by atoms with Crippen molar-refractivity contribution in [1.82, 2.24) is 0 Å². The van der Waals surface area contributed by atoms with Crippen LogP contribution in [-0.2, 0) is 4.74 Å². The fraction of sp³-hybridized carbons (Fsp3) is 0.625. The normalized spacial score (nSPS) is 26.8. The van der Waals surface area contributed by atoms with Crippen molar-refractivity contribution in [2.24, 2.45) is 11.8 Å². The van der Waals surface area contributed by atoms with E-state index in [1.165, 1.54) is 36.8 Å². The molecule has 1 fully saturated rings. The molecule has 96 valence electrons. The number of ether oxygens (including phenoxy) is 1. The summed E-state index contributed by atoms with van der Waals surface area (Å²) in [5.41, 5.74) is 2.74. The molecule has 0 N–H and O–H groups in total. The van der Waals surface area contributed by atoms with E-state index in [4.69, 9.17) is 4.74 Å². The molecular weight excluding hydrogens is 208 g/mol. The Hall–Kier alpha value is -0.980. The topological polar surface area (TPSA) is 9.23 Å². The fourth-order valence-corrected chi connectivity index (χ4v) is 2.68. The molecule has 17 heavy (non-hydrogen) atoms. The zero-order valence-corrected chi connectivity index (χ0v) is 11.8. The van der Waals surface area contributed by atoms with Crippen LogP contribution in [0.2, 0.25) is 0 Å². The van der Waals surface area contributed by atoms with Gasteiger partial charge in [0.25, 0.3) is 0 Å². The standard InChI is InChI=1S/C16H26O/c1-12-7-6-8-16(11-12)14(3)9-13(2)10-15(4)17-5/h9-10,12,16H,4,6-8,11H2,1-3,5H3/b13-10-,14-9+. The van der Waals surface area contributed by atoms with E-state index in [-0.39, 0.29) is 0 Å². The van der Waals surface area contributed by atoms with E-state index in [9.17, 15) is 0 Å². The summed E-state index contributed by atoms with van der Waals surface area (Å²) in [4.78, 5) is 0. The first-order chi connectivity index (χ1) is 8.02. The van der Waals surface area contributed by atoms with Crippen LogP contribution in [0.4, 0.5) is 0 Å². The highest BCUT2D eigenvalue weighted by atomic mass is 16.5. The van der Waals surface area contributed by atoms with Crippen molar-refractivity contribution >= 4 is 0 Å². The van der Waals surface area contributed by atoms with Gasteiger partial charge in [0.1, 0.15) is 5.76 Å². The molecule has 0 amide bonds. The maximum Gasteiger partial charge on any atom is 0.111 e. The highest BCUT2D eigenvalue weighted by Crippen LogP contribution is 2.33. The van der Waals surface area contributed by atoms with Gasteiger partial charge in [-0.3, -0.25) is 0 Å². The summed E-state index contributed by atoms with van der Waals surface area (Å²) >= 11 is 0. The molecule has 0 aliphatic heterocycles. The number of rotatable bonds is 4. The molecule has 0 aromatic rings. The van der Waals surface area contributed by atoms with Gasteiger partial charge in [-0.15, -0.1) is 0 Å². The molecule has 0 heterocycles. The van der Waals surface area contributed by atoms with Crippen molar-refractivity contribution in [2.75, 3.05) is 7.11 Å². The van der Waals surface area contributed by atoms with Gasteiger partial charge >= 0.3 is 0 Å². The van der Waals surface area contributed by atoms with Crippen molar-refractivity contribution in [2.45, 2.75) is 46.5 Å². The first-order valence-electron chi connectivity index (χ1n) is 6.62. The van der Waals surface area contributed by atoms with E-state index < -0.39 is 0 Å². The van der Waals surface area contributed by atoms with Gasteiger partial charge in [0, 0.05) is 0 Å². The number of allylic oxidation sites excluding steroid dienone is 4. The molecule has 1 nitrogen and oxygen atoms in total. The third kappa shape index (κ3) is 4.80. The minimum Gasteiger partial charge on any atom is -0.497 e. The zero-order valence-electron chi connectivity index (χ0n) is 11.8. The quantitative estimate of drug-likeness (QED) is 0.498. The second kappa shape index (κ2) is 6.68. The minimum atomic E-state index is 0.726. The summed E-state index contributed by atoms with van der Waals surface area (Å²) < 4.78 is 5.06. The SMILES string of the molecule is C=C(/C=C(C)\C=C(/C)C1CCCC(C)C1)OC. The van der Waals surface area contributed by atoms with Gasteiger partial charge in [-0.05, 0) is 50.2 Å². The van der Waals surface area contributed by atoms with Crippen LogP contribution in [0.1, 0.15) is 46.5 Å². The van der Waals surface area contributed by atoms with E-state index in [0.29, 0.717) is 0 Å². The molecule has 1 aliphatic rings. The van der Waals surface area contributed by atoms with E-state index in [2.05, 4.69) is 33.4 Å². The molecular formula is C16H26O. The molecule has 1 saturated carbocycles. The monoisotopic (exact) mass is 234 g/mol. The Labute approximate surface area is 106 Å². The summed E-state index contributed by atoms with van der Waals surface area (Å²) in [5, 5.41) is 0. The highest BCUT2D eigenvalue weighted by molar-refractivity contribution is 5.27. The van der Waals surface area contributed by atoms with Crippen LogP contribution in [0.3, 0.4) is 0 Å². The molecule has 0 saturated heterocycles. The molecule has 1 rings (SSSR count). The lowest BCUT2D eigenvalue weighted by Gasteiger charge is -2.27. The lowest BCUT2D eigenvalue weighted by molar-refractivity contribution is 0.308. The van der Waals surface area contributed by atoms with Crippen LogP contribution in [-0.4, -0.2) is 7.11 Å². The number of methoxy groups -OCH3 is 1. The zero-order chi connectivity index (χ0) is 12.8. The maximum absolute atomic E-state index is 5.06. The summed E-state index contributed by atoms with van der Waals surface area (Å²) in [7, 11) is 1.66. The van der Waals surface area contributed by atoms with Gasteiger partial charge in [-0.2, -0.15) is 0 Å². The number of hydrogen-bond acceptors (Lipinski definition) is 1. The van der Waals surface area contributed by atoms with Gasteiger partial charge in [0.2, 0.25) is 0 Å². The van der Waals surface area contributed by atoms with Gasteiger partial charge in [0.05, 0.1) is 7.11 Å². The molecule has 0 spiro atoms. The van der Waals surface area contributed by atoms with Crippen LogP contribution in [0, 0.1) is 11.8 Å². The van der Waals surface area contributed by atoms with Crippen molar-refractivity contribution < 1.29 is 4.74 Å². The van der Waals surface area contributed by atoms with Crippen LogP contribution in [0.5, 0.6) is 0 Å². The molecule has 1 aliphatic carbocycles. The first-order valence-corrected chi connectivity index (χ1v) is 6.62. The average Bonchev–Trinajstić information content (AvgIpc) is 2.28. The van der Waals surface area contributed by atoms with Crippen molar-refractivity contribution in [3.05, 3.63) is 35.6 Å². The lowest BCUT2D eigenvalue weighted by Crippen LogP contribution is -2.14. The molecule has 0 aromatic carbocycles. The van der Waals surface area contributed by atoms with Gasteiger partial charge in [-0.25, -0.2) is 0 Å². The van der Waals surface area contributed by atoms with Crippen LogP contribution in [0.25, 0.3) is 0 Å². The predicted molar refractivity (Wildman–Crippen MR) is 74.8 cm³/mol. The third-order valence-electron chi connectivity index (χ3n) is 3.69. The Kier molecular flexibility index (Phi) is 5.54. The summed E-state index contributed by atoms with van der Waals surface area (Å²) in [6.07, 6.45) is 9.76. The summed E-state index contributed by atoms with van der Waals surface area (Å²) in [6, 6.07) is 0. The predicted octanol–water partition coefficient (Wildman–Crippen LogP) is 4.87. The lowest BCUT2D eigenvalue weighted by atomic mass is 9.78. The van der Waals surface area contributed by atoms with Crippen LogP contribution >= 0.6 is 0 Å². The van der Waals surface area contributed by atoms with E-state index in [0.717, 1.165) is 17.6 Å². The smallest absolute Gasteiger partial charge is 0.111 e. The minimum absolute atomic E-state index is 0.726. The van der Waals surface area contributed by atoms with E-state index in [1.54, 1.807) is 7.11 Å². The van der Waals surface area contributed by atoms with Gasteiger partial charge in [0.15, 0.2) is 0 Å². The Morgan fingerprint density at radius 1 is 1.24 bits per heavy atom. The molecule has 0 radical (unpaired) electrons. The fourth-order valence-electron chi connectivity index (χ4n) is 2.68. The van der Waals surface area contributed by atoms with E-state index >= 15 is 0 Å². The van der Waals surface area contributed by atoms with E-state index in [1.807, 2.05) is 6.08 Å². The Morgan fingerprint density at radius 3 is 2.53 bits per heavy atom. The summed E-state index contributed by atoms with van der Waals surface area (Å²) in [5.74, 6) is 2.39. The Morgan fingerprint density at radius 2 is 1.94 bits per heavy atom. The van der Waals surface area contributed by atoms with Gasteiger partial charge in [-0.1, -0.05) is 38.0 Å². The van der Waals surface area contributed by atoms with Crippen LogP contribution < -0.4 is 0 Å². The molecule has 2 atom stereocenters. The van der Waals surface area contributed by atoms with Crippen molar-refractivity contribution in [3.63, 3.8) is 0 Å². The van der Waals surface area contributed by atoms with Gasteiger partial charge < -0.3 is 4.74 Å². The second-order valence-electron chi connectivity index (χ2n) is 5.42. The third-order valence-corrected chi connectivity index (χ3v) is 3.69. The molecule has 1 heteroatoms. The molecule has 2 unspecified atom stereocenters. The molecule has 0 bridgehead atoms. The first kappa shape index (κ1) is 14.1. The molecule has 0 aromatic heterocycles. The van der Waals surface area contributed by atoms with Crippen LogP contribution in [0.15, 0.2) is 35.6 Å². The van der Waals surface area contributed by atoms with Crippen molar-refractivity contribution in [1.29, 1.82) is 0 Å². The highest BCUT2D eigenvalue weighted by Gasteiger charge is 2.19. The number of hydrogen-bond donors (Lipinski definition) is 0. The Bertz CT molecular complexity index is 322. The second-order valence-corrected chi connectivity index (χ2v) is 5.42. The average molecular weight is 234 g/mol. The maximum atomic E-state index is 5.06. The largest absolute Gasteiger partial charge is 0.497 e.